The van der Waals surface area contributed by atoms with Crippen molar-refractivity contribution in [1.29, 1.82) is 0 Å². The number of nitrogens with one attached hydrogen (secondary N) is 1. The number of anilines is 1. The molecule has 7 heteroatoms. The maximum absolute atomic E-state index is 12.7. The first-order chi connectivity index (χ1) is 15.3. The van der Waals surface area contributed by atoms with Crippen LogP contribution in [0.5, 0.6) is 0 Å². The predicted octanol–water partition coefficient (Wildman–Crippen LogP) is 1.55. The third-order valence-corrected chi connectivity index (χ3v) is 3.26. The van der Waals surface area contributed by atoms with E-state index in [1.807, 2.05) is 0 Å². The van der Waals surface area contributed by atoms with Gasteiger partial charge in [0.1, 0.15) is 19.1 Å². The molecule has 120 valence electrons. The van der Waals surface area contributed by atoms with Gasteiger partial charge in [-0.15, -0.1) is 0 Å². The van der Waals surface area contributed by atoms with E-state index < -0.39 is 62.9 Å². The van der Waals surface area contributed by atoms with E-state index in [1.54, 1.807) is 0 Å². The summed E-state index contributed by atoms with van der Waals surface area (Å²) in [5, 5.41) is 0.0203. The third-order valence-electron chi connectivity index (χ3n) is 3.26. The molecule has 0 aromatic carbocycles. The van der Waals surface area contributed by atoms with Crippen molar-refractivity contribution in [2.24, 2.45) is 5.89 Å². The average molecular weight is 323 g/mol. The molecule has 1 saturated heterocycles. The Hall–Kier alpha value is -2.62. The van der Waals surface area contributed by atoms with Gasteiger partial charge in [-0.1, -0.05) is 6.92 Å². The Labute approximate surface area is 150 Å². The van der Waals surface area contributed by atoms with Gasteiger partial charge in [-0.3, -0.25) is 4.79 Å². The Morgan fingerprint density at radius 1 is 1.78 bits per heavy atom. The minimum Gasteiger partial charge on any atom is -0.354 e. The second-order valence-electron chi connectivity index (χ2n) is 4.75. The van der Waals surface area contributed by atoms with Gasteiger partial charge in [0.25, 0.3) is 6.54 Å². The van der Waals surface area contributed by atoms with Gasteiger partial charge in [0.15, 0.2) is 0 Å². The lowest BCUT2D eigenvalue weighted by atomic mass is 9.92. The molecule has 0 bridgehead atoms. The molecule has 1 fully saturated rings. The number of hydrogen-bond donors (Lipinski definition) is 1. The van der Waals surface area contributed by atoms with E-state index in [0.29, 0.717) is 4.90 Å². The van der Waals surface area contributed by atoms with E-state index in [-0.39, 0.29) is 15.9 Å². The molecule has 3 heterocycles. The fraction of sp³-hybridized carbons (Fsp3) is 0.500. The number of likely N-dealkylation sites (tertiary alicyclic amines) is 1. The highest BCUT2D eigenvalue weighted by atomic mass is 16.2. The highest BCUT2D eigenvalue weighted by molar-refractivity contribution is 5.87. The largest absolute Gasteiger partial charge is 0.354 e. The lowest BCUT2D eigenvalue weighted by Gasteiger charge is -2.41. The first-order valence-electron chi connectivity index (χ1n) is 12.1. The van der Waals surface area contributed by atoms with Gasteiger partial charge in [-0.2, -0.15) is 0 Å². The number of likely N-dealkylation sites (N-methyl/N-ethyl adjacent to an activating group) is 1. The van der Waals surface area contributed by atoms with Crippen LogP contribution in [0.15, 0.2) is 18.6 Å². The molecule has 2 atom stereocenters. The van der Waals surface area contributed by atoms with Crippen LogP contribution in [0.2, 0.25) is 0 Å². The molecule has 0 saturated carbocycles. The average Bonchev–Trinajstić information content (AvgIpc) is 3.11. The Bertz CT molecular complexity index is 1170. The van der Waals surface area contributed by atoms with E-state index in [2.05, 4.69) is 19.8 Å². The molecular formula is C16H20N6O. The predicted molar refractivity (Wildman–Crippen MR) is 87.9 cm³/mol. The smallest absolute Gasteiger partial charge is 0.302 e. The third kappa shape index (κ3) is 2.84. The van der Waals surface area contributed by atoms with Crippen molar-refractivity contribution >= 4 is 22.8 Å². The molecule has 2 aromatic rings. The number of rotatable bonds is 3. The number of fused-ring (bicyclic) bond motifs is 1. The second kappa shape index (κ2) is 6.24. The van der Waals surface area contributed by atoms with E-state index in [1.165, 1.54) is 12.3 Å². The van der Waals surface area contributed by atoms with E-state index in [0.717, 1.165) is 6.92 Å². The van der Waals surface area contributed by atoms with E-state index in [4.69, 9.17) is 21.7 Å². The van der Waals surface area contributed by atoms with Crippen LogP contribution >= 0.6 is 0 Å². The fourth-order valence-electron chi connectivity index (χ4n) is 2.11. The number of hydrogen-bond acceptors (Lipinski definition) is 4. The Balaban J connectivity index is 2.41. The molecule has 7 nitrogen and oxygen atoms in total. The number of nitrogens with zero attached hydrogens (tertiary/aromatic N) is 5. The lowest BCUT2D eigenvalue weighted by Crippen LogP contribution is -2.53. The number of carbonyl (C=O) groups excluding carboxylic acids is 1. The zero-order valence-corrected chi connectivity index (χ0v) is 12.1. The molecule has 1 N–H and O–H groups in total. The van der Waals surface area contributed by atoms with Crippen LogP contribution in [-0.2, 0) is 4.79 Å². The first kappa shape index (κ1) is 6.87. The molecule has 23 heavy (non-hydrogen) atoms. The summed E-state index contributed by atoms with van der Waals surface area (Å²) in [5.41, 5.74) is 0.0200. The minimum atomic E-state index is -3.43. The normalized spacial score (nSPS) is 38.5. The van der Waals surface area contributed by atoms with Gasteiger partial charge in [-0.05, 0) is 18.3 Å². The maximum atomic E-state index is 12.7. The van der Waals surface area contributed by atoms with Crippen LogP contribution in [0, 0.1) is 12.5 Å². The molecule has 1 aliphatic rings. The number of aromatic amines is 1. The number of amides is 1. The zero-order valence-electron chi connectivity index (χ0n) is 23.1. The molecule has 1 amide bonds. The van der Waals surface area contributed by atoms with Crippen molar-refractivity contribution in [3.8, 4) is 0 Å². The van der Waals surface area contributed by atoms with Gasteiger partial charge in [0.2, 0.25) is 0 Å². The SMILES string of the molecule is [2H]c1nc(N([C@H]2C([2H])([2H])N(C(=O)C[N+]#[C-])C([2H])([2H])C([2H])([2H])[C@@]2([2H])C)C([2H])([2H])[2H])c2cc[nH]c2n1. The lowest BCUT2D eigenvalue weighted by molar-refractivity contribution is -0.130. The zero-order chi connectivity index (χ0) is 26.1. The van der Waals surface area contributed by atoms with Crippen molar-refractivity contribution in [2.45, 2.75) is 19.3 Å². The summed E-state index contributed by atoms with van der Waals surface area (Å²) in [5.74, 6) is -4.78. The van der Waals surface area contributed by atoms with Gasteiger partial charge >= 0.3 is 5.91 Å². The van der Waals surface area contributed by atoms with Crippen molar-refractivity contribution in [1.82, 2.24) is 19.9 Å². The number of piperidine rings is 1. The molecule has 0 aliphatic carbocycles. The quantitative estimate of drug-likeness (QED) is 0.870. The first-order valence-corrected chi connectivity index (χ1v) is 6.61. The molecule has 0 spiro atoms. The molecular weight excluding hydrogens is 292 g/mol. The highest BCUT2D eigenvalue weighted by Gasteiger charge is 2.33. The van der Waals surface area contributed by atoms with Crippen molar-refractivity contribution < 1.29 is 19.9 Å². The molecule has 3 rings (SSSR count). The van der Waals surface area contributed by atoms with Crippen molar-refractivity contribution in [3.05, 3.63) is 30.0 Å². The van der Waals surface area contributed by atoms with Crippen LogP contribution in [0.4, 0.5) is 5.82 Å². The minimum absolute atomic E-state index is 0.0200. The maximum Gasteiger partial charge on any atom is 0.302 e. The van der Waals surface area contributed by atoms with Gasteiger partial charge in [0, 0.05) is 37.1 Å². The second-order valence-corrected chi connectivity index (χ2v) is 4.75. The Morgan fingerprint density at radius 3 is 3.43 bits per heavy atom. The molecule has 0 unspecified atom stereocenters. The van der Waals surface area contributed by atoms with E-state index in [9.17, 15) is 4.79 Å². The van der Waals surface area contributed by atoms with Crippen LogP contribution < -0.4 is 4.90 Å². The number of carbonyl (C=O) groups is 1. The highest BCUT2D eigenvalue weighted by Crippen LogP contribution is 2.28. The Kier molecular flexibility index (Phi) is 1.87. The number of H-pyrrole nitrogens is 1. The Morgan fingerprint density at radius 2 is 2.65 bits per heavy atom. The van der Waals surface area contributed by atoms with Crippen LogP contribution in [0.1, 0.15) is 28.4 Å². The van der Waals surface area contributed by atoms with Gasteiger partial charge in [-0.25, -0.2) is 16.5 Å². The summed E-state index contributed by atoms with van der Waals surface area (Å²) in [4.78, 5) is 26.0. The van der Waals surface area contributed by atoms with Crippen LogP contribution in [0.25, 0.3) is 15.9 Å². The standard InChI is InChI=1S/C16H20N6O/c1-11-5-7-22(14(23)8-17-2)9-13(11)21(3)16-12-4-6-18-15(12)19-10-20-16/h4,6,10-11,13H,5,7-9H2,1,3H3,(H,18,19,20)/t11-,13+/m1/s1/i3D3,5D2,7D2,9D2,10D,11D. The van der Waals surface area contributed by atoms with E-state index >= 15 is 0 Å². The fourth-order valence-corrected chi connectivity index (χ4v) is 2.11. The molecule has 1 aliphatic heterocycles. The summed E-state index contributed by atoms with van der Waals surface area (Å²) >= 11 is 0. The van der Waals surface area contributed by atoms with Crippen LogP contribution in [0.3, 0.4) is 0 Å². The number of aromatic nitrogens is 3. The van der Waals surface area contributed by atoms with Crippen LogP contribution in [-0.4, -0.2) is 58.3 Å². The summed E-state index contributed by atoms with van der Waals surface area (Å²) in [6.07, 6.45) is -2.62. The van der Waals surface area contributed by atoms with Gasteiger partial charge < -0.3 is 19.6 Å². The van der Waals surface area contributed by atoms with Crippen molar-refractivity contribution in [3.63, 3.8) is 0 Å². The van der Waals surface area contributed by atoms with Gasteiger partial charge in [0.05, 0.1) is 14.2 Å². The summed E-state index contributed by atoms with van der Waals surface area (Å²) in [6.45, 7) is -3.33. The topological polar surface area (TPSA) is 69.5 Å². The monoisotopic (exact) mass is 323 g/mol. The molecule has 2 aromatic heterocycles. The summed E-state index contributed by atoms with van der Waals surface area (Å²) in [7, 11) is 0. The summed E-state index contributed by atoms with van der Waals surface area (Å²) < 4.78 is 91.6. The van der Waals surface area contributed by atoms with Crippen molar-refractivity contribution in [2.75, 3.05) is 31.4 Å². The summed E-state index contributed by atoms with van der Waals surface area (Å²) in [6, 6.07) is -1.02. The molecule has 0 radical (unpaired) electrons.